The van der Waals surface area contributed by atoms with E-state index in [1.165, 1.54) is 20.7 Å². The van der Waals surface area contributed by atoms with E-state index in [0.717, 1.165) is 0 Å². The maximum absolute atomic E-state index is 13.8. The van der Waals surface area contributed by atoms with Crippen LogP contribution in [-0.2, 0) is 14.9 Å². The van der Waals surface area contributed by atoms with Crippen molar-refractivity contribution < 1.29 is 17.5 Å². The van der Waals surface area contributed by atoms with Gasteiger partial charge in [0.05, 0.1) is 12.3 Å². The van der Waals surface area contributed by atoms with Gasteiger partial charge in [0.1, 0.15) is 11.9 Å². The molecule has 1 aromatic heterocycles. The summed E-state index contributed by atoms with van der Waals surface area (Å²) in [6.07, 6.45) is 1.04. The Morgan fingerprint density at radius 2 is 2.00 bits per heavy atom. The molecule has 2 aromatic rings. The number of halogens is 1. The maximum atomic E-state index is 13.8. The van der Waals surface area contributed by atoms with E-state index >= 15 is 0 Å². The molecule has 1 aliphatic heterocycles. The van der Waals surface area contributed by atoms with E-state index in [1.807, 2.05) is 27.9 Å². The highest BCUT2D eigenvalue weighted by Crippen LogP contribution is 2.32. The number of aromatic nitrogens is 2. The molecule has 0 unspecified atom stereocenters. The van der Waals surface area contributed by atoms with Crippen LogP contribution in [0.1, 0.15) is 25.6 Å². The van der Waals surface area contributed by atoms with Crippen molar-refractivity contribution >= 4 is 16.2 Å². The highest BCUT2D eigenvalue weighted by Gasteiger charge is 2.35. The first-order chi connectivity index (χ1) is 14.3. The second-order valence-corrected chi connectivity index (χ2v) is 9.11. The zero-order valence-electron chi connectivity index (χ0n) is 17.7. The third-order valence-corrected chi connectivity index (χ3v) is 7.19. The normalized spacial score (nSPS) is 18.0. The fourth-order valence-corrected chi connectivity index (χ4v) is 5.05. The van der Waals surface area contributed by atoms with E-state index in [-0.39, 0.29) is 25.5 Å². The summed E-state index contributed by atoms with van der Waals surface area (Å²) in [6, 6.07) is 6.17. The fourth-order valence-electron chi connectivity index (χ4n) is 3.44. The SMILES string of the molecule is CCN(CC)S(=O)(=O)N1CCO[C@@H](c2nc(N(C)C)ncc2-c2cccc(F)c2)C1. The van der Waals surface area contributed by atoms with Crippen molar-refractivity contribution in [1.29, 1.82) is 0 Å². The Morgan fingerprint density at radius 3 is 2.63 bits per heavy atom. The van der Waals surface area contributed by atoms with Gasteiger partial charge in [-0.05, 0) is 17.7 Å². The lowest BCUT2D eigenvalue weighted by molar-refractivity contribution is -0.00626. The van der Waals surface area contributed by atoms with Gasteiger partial charge in [0.15, 0.2) is 0 Å². The summed E-state index contributed by atoms with van der Waals surface area (Å²) in [5, 5.41) is 0. The van der Waals surface area contributed by atoms with E-state index in [0.29, 0.717) is 35.9 Å². The van der Waals surface area contributed by atoms with Gasteiger partial charge in [-0.3, -0.25) is 0 Å². The summed E-state index contributed by atoms with van der Waals surface area (Å²) >= 11 is 0. The first-order valence-electron chi connectivity index (χ1n) is 9.94. The van der Waals surface area contributed by atoms with Crippen molar-refractivity contribution in [2.75, 3.05) is 51.8 Å². The van der Waals surface area contributed by atoms with Crippen LogP contribution in [0.3, 0.4) is 0 Å². The average molecular weight is 438 g/mol. The maximum Gasteiger partial charge on any atom is 0.282 e. The minimum Gasteiger partial charge on any atom is -0.369 e. The first-order valence-corrected chi connectivity index (χ1v) is 11.3. The molecule has 0 spiro atoms. The third kappa shape index (κ3) is 4.61. The van der Waals surface area contributed by atoms with Crippen LogP contribution in [-0.4, -0.2) is 73.9 Å². The lowest BCUT2D eigenvalue weighted by Crippen LogP contribution is -2.49. The molecule has 1 aromatic carbocycles. The van der Waals surface area contributed by atoms with E-state index in [2.05, 4.69) is 9.97 Å². The summed E-state index contributed by atoms with van der Waals surface area (Å²) in [5.41, 5.74) is 1.77. The van der Waals surface area contributed by atoms with E-state index in [4.69, 9.17) is 4.74 Å². The van der Waals surface area contributed by atoms with Crippen molar-refractivity contribution in [3.05, 3.63) is 42.0 Å². The number of anilines is 1. The molecule has 0 N–H and O–H groups in total. The largest absolute Gasteiger partial charge is 0.369 e. The Labute approximate surface area is 177 Å². The van der Waals surface area contributed by atoms with Crippen LogP contribution in [0, 0.1) is 5.82 Å². The molecule has 1 aliphatic rings. The van der Waals surface area contributed by atoms with Crippen molar-refractivity contribution in [3.63, 3.8) is 0 Å². The Morgan fingerprint density at radius 1 is 1.27 bits per heavy atom. The number of morpholine rings is 1. The molecule has 1 saturated heterocycles. The van der Waals surface area contributed by atoms with Crippen molar-refractivity contribution in [3.8, 4) is 11.1 Å². The summed E-state index contributed by atoms with van der Waals surface area (Å²) in [5.74, 6) is 0.0999. The highest BCUT2D eigenvalue weighted by molar-refractivity contribution is 7.86. The number of hydrogen-bond donors (Lipinski definition) is 0. The molecule has 0 amide bonds. The average Bonchev–Trinajstić information content (AvgIpc) is 2.74. The Balaban J connectivity index is 2.02. The number of ether oxygens (including phenoxy) is 1. The van der Waals surface area contributed by atoms with Crippen molar-refractivity contribution in [2.24, 2.45) is 0 Å². The molecule has 3 rings (SSSR count). The van der Waals surface area contributed by atoms with Gasteiger partial charge in [-0.1, -0.05) is 26.0 Å². The Kier molecular flexibility index (Phi) is 7.02. The topological polar surface area (TPSA) is 78.9 Å². The summed E-state index contributed by atoms with van der Waals surface area (Å²) in [6.45, 7) is 5.07. The fraction of sp³-hybridized carbons (Fsp3) is 0.500. The number of benzene rings is 1. The quantitative estimate of drug-likeness (QED) is 0.662. The lowest BCUT2D eigenvalue weighted by atomic mass is 10.0. The van der Waals surface area contributed by atoms with Gasteiger partial charge < -0.3 is 9.64 Å². The molecule has 0 aliphatic carbocycles. The molecule has 2 heterocycles. The molecule has 10 heteroatoms. The molecule has 0 bridgehead atoms. The summed E-state index contributed by atoms with van der Waals surface area (Å²) < 4.78 is 48.6. The smallest absolute Gasteiger partial charge is 0.282 e. The molecule has 30 heavy (non-hydrogen) atoms. The number of hydrogen-bond acceptors (Lipinski definition) is 6. The van der Waals surface area contributed by atoms with Crippen molar-refractivity contribution in [1.82, 2.24) is 18.6 Å². The van der Waals surface area contributed by atoms with Crippen LogP contribution in [0.4, 0.5) is 10.3 Å². The highest BCUT2D eigenvalue weighted by atomic mass is 32.2. The van der Waals surface area contributed by atoms with Gasteiger partial charge in [0.25, 0.3) is 10.2 Å². The Hall–Kier alpha value is -2.14. The molecule has 1 fully saturated rings. The van der Waals surface area contributed by atoms with E-state index in [1.54, 1.807) is 23.2 Å². The van der Waals surface area contributed by atoms with Crippen LogP contribution in [0.15, 0.2) is 30.5 Å². The minimum absolute atomic E-state index is 0.130. The molecular weight excluding hydrogens is 409 g/mol. The summed E-state index contributed by atoms with van der Waals surface area (Å²) in [4.78, 5) is 10.8. The molecule has 8 nitrogen and oxygen atoms in total. The van der Waals surface area contributed by atoms with Crippen LogP contribution in [0.25, 0.3) is 11.1 Å². The van der Waals surface area contributed by atoms with E-state index in [9.17, 15) is 12.8 Å². The Bertz CT molecular complexity index is 982. The van der Waals surface area contributed by atoms with Gasteiger partial charge in [0, 0.05) is 52.0 Å². The standard InChI is InChI=1S/C20H28FN5O3S/c1-5-25(6-2)30(27,28)26-10-11-29-18(14-26)19-17(13-22-20(23-19)24(3)4)15-8-7-9-16(21)12-15/h7-9,12-13,18H,5-6,10-11,14H2,1-4H3/t18-/m1/s1. The predicted molar refractivity (Wildman–Crippen MR) is 114 cm³/mol. The predicted octanol–water partition coefficient (Wildman–Crippen LogP) is 2.31. The zero-order valence-corrected chi connectivity index (χ0v) is 18.6. The first kappa shape index (κ1) is 22.5. The second kappa shape index (κ2) is 9.34. The molecule has 1 atom stereocenters. The van der Waals surface area contributed by atoms with Crippen LogP contribution >= 0.6 is 0 Å². The molecular formula is C20H28FN5O3S. The zero-order chi connectivity index (χ0) is 21.9. The van der Waals surface area contributed by atoms with Crippen LogP contribution in [0.5, 0.6) is 0 Å². The minimum atomic E-state index is -3.60. The monoisotopic (exact) mass is 437 g/mol. The van der Waals surface area contributed by atoms with Gasteiger partial charge >= 0.3 is 0 Å². The van der Waals surface area contributed by atoms with Crippen LogP contribution < -0.4 is 4.90 Å². The second-order valence-electron chi connectivity index (χ2n) is 7.18. The number of rotatable bonds is 7. The molecule has 164 valence electrons. The van der Waals surface area contributed by atoms with Gasteiger partial charge in [-0.2, -0.15) is 17.0 Å². The van der Waals surface area contributed by atoms with Gasteiger partial charge in [0.2, 0.25) is 5.95 Å². The van der Waals surface area contributed by atoms with Gasteiger partial charge in [-0.15, -0.1) is 0 Å². The van der Waals surface area contributed by atoms with Gasteiger partial charge in [-0.25, -0.2) is 14.4 Å². The molecule has 0 radical (unpaired) electrons. The molecule has 0 saturated carbocycles. The lowest BCUT2D eigenvalue weighted by Gasteiger charge is -2.35. The number of nitrogens with zero attached hydrogens (tertiary/aromatic N) is 5. The third-order valence-electron chi connectivity index (χ3n) is 5.03. The van der Waals surface area contributed by atoms with Crippen LogP contribution in [0.2, 0.25) is 0 Å². The van der Waals surface area contributed by atoms with E-state index < -0.39 is 16.3 Å². The summed E-state index contributed by atoms with van der Waals surface area (Å²) in [7, 11) is 0.0356. The van der Waals surface area contributed by atoms with Crippen molar-refractivity contribution in [2.45, 2.75) is 20.0 Å².